The normalized spacial score (nSPS) is 14.7. The third-order valence-corrected chi connectivity index (χ3v) is 7.94. The number of fused-ring (bicyclic) bond motifs is 6. The molecule has 2 nitrogen and oxygen atoms in total. The van der Waals surface area contributed by atoms with Crippen LogP contribution in [0.5, 0.6) is 0 Å². The minimum Gasteiger partial charge on any atom is -0.461 e. The predicted octanol–water partition coefficient (Wildman–Crippen LogP) is 9.19. The SMILES string of the molecule is ClC1CCCc2c1ccc1c2ccc2ccccc21.O=c1cc(CCc2ccccc2)oc2ccccc12. The second kappa shape index (κ2) is 10.8. The maximum atomic E-state index is 12.0. The summed E-state index contributed by atoms with van der Waals surface area (Å²) in [6.45, 7) is 0. The highest BCUT2D eigenvalue weighted by Gasteiger charge is 2.20. The fourth-order valence-electron chi connectivity index (χ4n) is 5.54. The van der Waals surface area contributed by atoms with Crippen LogP contribution in [0.15, 0.2) is 118 Å². The number of benzene rings is 5. The second-order valence-electron chi connectivity index (χ2n) is 9.93. The minimum atomic E-state index is 0.0323. The summed E-state index contributed by atoms with van der Waals surface area (Å²) in [6.07, 6.45) is 5.08. The van der Waals surface area contributed by atoms with E-state index in [1.54, 1.807) is 12.1 Å². The highest BCUT2D eigenvalue weighted by Crippen LogP contribution is 2.39. The van der Waals surface area contributed by atoms with Gasteiger partial charge in [0.25, 0.3) is 0 Å². The van der Waals surface area contributed by atoms with Gasteiger partial charge in [0.05, 0.1) is 10.8 Å². The lowest BCUT2D eigenvalue weighted by atomic mass is 9.86. The fourth-order valence-corrected chi connectivity index (χ4v) is 5.90. The molecule has 188 valence electrons. The van der Waals surface area contributed by atoms with Gasteiger partial charge >= 0.3 is 0 Å². The van der Waals surface area contributed by atoms with Gasteiger partial charge in [-0.3, -0.25) is 4.79 Å². The molecule has 0 N–H and O–H groups in total. The van der Waals surface area contributed by atoms with Gasteiger partial charge in [-0.1, -0.05) is 91.0 Å². The maximum Gasteiger partial charge on any atom is 0.192 e. The van der Waals surface area contributed by atoms with Gasteiger partial charge in [0, 0.05) is 12.5 Å². The summed E-state index contributed by atoms with van der Waals surface area (Å²) in [6, 6.07) is 36.8. The summed E-state index contributed by atoms with van der Waals surface area (Å²) in [4.78, 5) is 12.0. The van der Waals surface area contributed by atoms with Gasteiger partial charge in [-0.15, -0.1) is 11.6 Å². The van der Waals surface area contributed by atoms with Crippen molar-refractivity contribution < 1.29 is 4.42 Å². The standard InChI is InChI=1S/C18H15Cl.C17H14O2/c19-18-7-3-6-14-16-9-8-12-4-1-2-5-13(12)15(16)10-11-17(14)18;18-16-12-14(11-10-13-6-2-1-3-7-13)19-17-9-5-4-8-15(16)17/h1-2,4-5,8-11,18H,3,6-7H2;1-9,12H,10-11H2. The maximum absolute atomic E-state index is 12.0. The van der Waals surface area contributed by atoms with Gasteiger partial charge in [0.15, 0.2) is 5.43 Å². The molecule has 0 radical (unpaired) electrons. The number of rotatable bonds is 3. The molecule has 38 heavy (non-hydrogen) atoms. The summed E-state index contributed by atoms with van der Waals surface area (Å²) >= 11 is 6.47. The van der Waals surface area contributed by atoms with Crippen LogP contribution >= 0.6 is 11.6 Å². The van der Waals surface area contributed by atoms with Crippen LogP contribution in [-0.2, 0) is 19.3 Å². The molecule has 7 rings (SSSR count). The largest absolute Gasteiger partial charge is 0.461 e. The van der Waals surface area contributed by atoms with E-state index in [4.69, 9.17) is 16.0 Å². The number of alkyl halides is 1. The summed E-state index contributed by atoms with van der Waals surface area (Å²) in [5.74, 6) is 0.743. The Morgan fingerprint density at radius 1 is 0.711 bits per heavy atom. The quantitative estimate of drug-likeness (QED) is 0.173. The Morgan fingerprint density at radius 3 is 2.32 bits per heavy atom. The van der Waals surface area contributed by atoms with Crippen LogP contribution in [0.1, 0.15) is 40.7 Å². The van der Waals surface area contributed by atoms with E-state index in [9.17, 15) is 4.79 Å². The number of aryl methyl sites for hydroxylation is 3. The van der Waals surface area contributed by atoms with Gasteiger partial charge in [-0.25, -0.2) is 0 Å². The molecule has 1 aliphatic rings. The van der Waals surface area contributed by atoms with Gasteiger partial charge < -0.3 is 4.42 Å². The van der Waals surface area contributed by atoms with Gasteiger partial charge in [-0.05, 0) is 76.1 Å². The summed E-state index contributed by atoms with van der Waals surface area (Å²) in [5, 5.41) is 6.25. The molecule has 1 unspecified atom stereocenters. The molecule has 1 aromatic heterocycles. The zero-order valence-electron chi connectivity index (χ0n) is 21.2. The van der Waals surface area contributed by atoms with Crippen LogP contribution in [0.2, 0.25) is 0 Å². The first-order valence-electron chi connectivity index (χ1n) is 13.3. The van der Waals surface area contributed by atoms with Gasteiger partial charge in [0.1, 0.15) is 11.3 Å². The molecule has 5 aromatic carbocycles. The van der Waals surface area contributed by atoms with Crippen molar-refractivity contribution in [2.75, 3.05) is 0 Å². The van der Waals surface area contributed by atoms with E-state index in [1.807, 2.05) is 36.4 Å². The first kappa shape index (κ1) is 24.5. The van der Waals surface area contributed by atoms with Crippen molar-refractivity contribution in [2.45, 2.75) is 37.5 Å². The number of halogens is 1. The molecule has 1 atom stereocenters. The molecule has 0 fully saturated rings. The van der Waals surface area contributed by atoms with E-state index < -0.39 is 0 Å². The van der Waals surface area contributed by atoms with Crippen molar-refractivity contribution in [2.24, 2.45) is 0 Å². The molecule has 0 saturated heterocycles. The Bertz CT molecular complexity index is 1790. The fraction of sp³-hybridized carbons (Fsp3) is 0.171. The lowest BCUT2D eigenvalue weighted by Crippen LogP contribution is -2.05. The smallest absolute Gasteiger partial charge is 0.192 e. The monoisotopic (exact) mass is 516 g/mol. The summed E-state index contributed by atoms with van der Waals surface area (Å²) in [5.41, 5.74) is 4.76. The average molecular weight is 517 g/mol. The highest BCUT2D eigenvalue weighted by atomic mass is 35.5. The molecular formula is C35H29ClO2. The van der Waals surface area contributed by atoms with Gasteiger partial charge in [0.2, 0.25) is 0 Å². The lowest BCUT2D eigenvalue weighted by Gasteiger charge is -2.22. The van der Waals surface area contributed by atoms with E-state index in [0.29, 0.717) is 11.0 Å². The van der Waals surface area contributed by atoms with Crippen molar-refractivity contribution in [3.05, 3.63) is 142 Å². The van der Waals surface area contributed by atoms with Crippen LogP contribution < -0.4 is 5.43 Å². The molecule has 3 heteroatoms. The Balaban J connectivity index is 0.000000139. The predicted molar refractivity (Wildman–Crippen MR) is 159 cm³/mol. The Labute approximate surface area is 227 Å². The molecule has 0 saturated carbocycles. The minimum absolute atomic E-state index is 0.0323. The van der Waals surface area contributed by atoms with Crippen LogP contribution in [-0.4, -0.2) is 0 Å². The molecule has 0 aliphatic heterocycles. The zero-order valence-corrected chi connectivity index (χ0v) is 22.0. The van der Waals surface area contributed by atoms with Crippen molar-refractivity contribution >= 4 is 44.1 Å². The van der Waals surface area contributed by atoms with Crippen LogP contribution in [0.4, 0.5) is 0 Å². The number of para-hydroxylation sites is 1. The molecule has 1 heterocycles. The van der Waals surface area contributed by atoms with Crippen LogP contribution in [0, 0.1) is 0 Å². The van der Waals surface area contributed by atoms with Crippen molar-refractivity contribution in [1.29, 1.82) is 0 Å². The molecular weight excluding hydrogens is 488 g/mol. The van der Waals surface area contributed by atoms with Crippen molar-refractivity contribution in [3.8, 4) is 0 Å². The number of hydrogen-bond acceptors (Lipinski definition) is 2. The van der Waals surface area contributed by atoms with Crippen molar-refractivity contribution in [3.63, 3.8) is 0 Å². The average Bonchev–Trinajstić information content (AvgIpc) is 2.97. The molecule has 6 aromatic rings. The summed E-state index contributed by atoms with van der Waals surface area (Å²) < 4.78 is 5.76. The molecule has 0 bridgehead atoms. The Hall–Kier alpha value is -3.88. The van der Waals surface area contributed by atoms with Crippen LogP contribution in [0.3, 0.4) is 0 Å². The third-order valence-electron chi connectivity index (χ3n) is 7.48. The summed E-state index contributed by atoms with van der Waals surface area (Å²) in [7, 11) is 0. The van der Waals surface area contributed by atoms with Crippen LogP contribution in [0.25, 0.3) is 32.5 Å². The first-order chi connectivity index (χ1) is 18.7. The van der Waals surface area contributed by atoms with Gasteiger partial charge in [-0.2, -0.15) is 0 Å². The topological polar surface area (TPSA) is 30.2 Å². The molecule has 1 aliphatic carbocycles. The molecule has 0 spiro atoms. The number of hydrogen-bond donors (Lipinski definition) is 0. The third kappa shape index (κ3) is 4.97. The second-order valence-corrected chi connectivity index (χ2v) is 10.5. The Morgan fingerprint density at radius 2 is 1.45 bits per heavy atom. The molecule has 0 amide bonds. The first-order valence-corrected chi connectivity index (χ1v) is 13.7. The lowest BCUT2D eigenvalue weighted by molar-refractivity contribution is 0.534. The van der Waals surface area contributed by atoms with E-state index in [1.165, 1.54) is 44.7 Å². The van der Waals surface area contributed by atoms with E-state index in [2.05, 4.69) is 60.7 Å². The Kier molecular flexibility index (Phi) is 6.98. The van der Waals surface area contributed by atoms with E-state index in [0.717, 1.165) is 31.4 Å². The van der Waals surface area contributed by atoms with Crippen molar-refractivity contribution in [1.82, 2.24) is 0 Å². The van der Waals surface area contributed by atoms with E-state index >= 15 is 0 Å². The highest BCUT2D eigenvalue weighted by molar-refractivity contribution is 6.21. The zero-order chi connectivity index (χ0) is 25.9. The van der Waals surface area contributed by atoms with E-state index in [-0.39, 0.29) is 10.8 Å².